The first-order valence-corrected chi connectivity index (χ1v) is 12.1. The van der Waals surface area contributed by atoms with E-state index in [1.807, 2.05) is 47.4 Å². The number of nitrogens with one attached hydrogen (secondary N) is 1. The molecule has 1 aliphatic heterocycles. The molecule has 0 unspecified atom stereocenters. The number of hydrogen-bond donors (Lipinski definition) is 2. The minimum Gasteiger partial charge on any atom is -0.481 e. The van der Waals surface area contributed by atoms with Gasteiger partial charge in [0.25, 0.3) is 0 Å². The molecule has 0 saturated heterocycles. The number of carboxylic acid groups (broad SMARTS) is 1. The zero-order chi connectivity index (χ0) is 24.4. The number of urea groups is 1. The average molecular weight is 468 g/mol. The number of carbonyl (C=O) groups excluding carboxylic acids is 1. The van der Waals surface area contributed by atoms with Crippen LogP contribution in [0.15, 0.2) is 77.8 Å². The Morgan fingerprint density at radius 3 is 2.11 bits per heavy atom. The summed E-state index contributed by atoms with van der Waals surface area (Å²) in [6, 6.07) is 24.2. The van der Waals surface area contributed by atoms with Gasteiger partial charge in [0, 0.05) is 22.9 Å². The second-order valence-corrected chi connectivity index (χ2v) is 9.38. The van der Waals surface area contributed by atoms with Gasteiger partial charge in [-0.1, -0.05) is 60.7 Å². The first-order valence-electron chi connectivity index (χ1n) is 12.1. The van der Waals surface area contributed by atoms with Crippen molar-refractivity contribution in [2.24, 2.45) is 10.9 Å². The van der Waals surface area contributed by atoms with E-state index in [-0.39, 0.29) is 18.0 Å². The van der Waals surface area contributed by atoms with Crippen LogP contribution in [-0.2, 0) is 11.3 Å². The van der Waals surface area contributed by atoms with E-state index >= 15 is 0 Å². The van der Waals surface area contributed by atoms with Crippen LogP contribution in [0.3, 0.4) is 0 Å². The van der Waals surface area contributed by atoms with E-state index < -0.39 is 5.97 Å². The summed E-state index contributed by atoms with van der Waals surface area (Å²) in [5.74, 6) is -1.02. The minimum absolute atomic E-state index is 0.0682. The highest BCUT2D eigenvalue weighted by atomic mass is 16.4. The molecule has 2 N–H and O–H groups in total. The highest BCUT2D eigenvalue weighted by molar-refractivity contribution is 6.14. The van der Waals surface area contributed by atoms with Gasteiger partial charge in [-0.15, -0.1) is 0 Å². The second-order valence-electron chi connectivity index (χ2n) is 9.38. The van der Waals surface area contributed by atoms with E-state index in [0.29, 0.717) is 19.4 Å². The number of rotatable bonds is 5. The minimum atomic E-state index is -0.730. The summed E-state index contributed by atoms with van der Waals surface area (Å²) in [6.07, 6.45) is 2.67. The van der Waals surface area contributed by atoms with Crippen LogP contribution in [0.5, 0.6) is 0 Å². The Bertz CT molecular complexity index is 1220. The third kappa shape index (κ3) is 4.83. The van der Waals surface area contributed by atoms with Gasteiger partial charge in [-0.05, 0) is 55.9 Å². The van der Waals surface area contributed by atoms with E-state index in [2.05, 4.69) is 42.6 Å². The Balaban J connectivity index is 1.44. The lowest BCUT2D eigenvalue weighted by atomic mass is 9.85. The standard InChI is InChI=1S/C29H29N3O3/c1-19-16-23(30-27(20-8-4-2-5-9-20)21-10-6-3-7-11-21)17-26-25(19)18-32(29(35)31-26)24-14-12-22(13-15-24)28(33)34/h2-11,16-17,22,24H,12-15,18H2,1H3,(H,31,35)(H,33,34). The fourth-order valence-corrected chi connectivity index (χ4v) is 5.16. The number of aliphatic carboxylic acids is 1. The zero-order valence-corrected chi connectivity index (χ0v) is 19.8. The number of fused-ring (bicyclic) bond motifs is 1. The quantitative estimate of drug-likeness (QED) is 0.441. The molecule has 5 rings (SSSR count). The number of benzene rings is 3. The van der Waals surface area contributed by atoms with E-state index in [9.17, 15) is 14.7 Å². The number of carboxylic acids is 1. The molecular weight excluding hydrogens is 438 g/mol. The number of aryl methyl sites for hydroxylation is 1. The molecule has 178 valence electrons. The Kier molecular flexibility index (Phi) is 6.36. The third-order valence-corrected chi connectivity index (χ3v) is 7.11. The maximum atomic E-state index is 13.0. The number of nitrogens with zero attached hydrogens (tertiary/aromatic N) is 2. The van der Waals surface area contributed by atoms with Gasteiger partial charge in [0.05, 0.1) is 23.9 Å². The molecule has 2 amide bonds. The lowest BCUT2D eigenvalue weighted by Crippen LogP contribution is -2.47. The van der Waals surface area contributed by atoms with Crippen molar-refractivity contribution in [2.75, 3.05) is 5.32 Å². The molecule has 0 bridgehead atoms. The topological polar surface area (TPSA) is 82.0 Å². The van der Waals surface area contributed by atoms with E-state index in [1.54, 1.807) is 0 Å². The summed E-state index contributed by atoms with van der Waals surface area (Å²) >= 11 is 0. The third-order valence-electron chi connectivity index (χ3n) is 7.11. The van der Waals surface area contributed by atoms with Crippen molar-refractivity contribution in [2.45, 2.75) is 45.2 Å². The van der Waals surface area contributed by atoms with E-state index in [4.69, 9.17) is 4.99 Å². The smallest absolute Gasteiger partial charge is 0.322 e. The second kappa shape index (κ2) is 9.74. The fraction of sp³-hybridized carbons (Fsp3) is 0.276. The Morgan fingerprint density at radius 2 is 1.54 bits per heavy atom. The van der Waals surface area contributed by atoms with Crippen molar-refractivity contribution in [3.05, 3.63) is 95.1 Å². The normalized spacial score (nSPS) is 19.5. The van der Waals surface area contributed by atoms with Crippen molar-refractivity contribution in [1.29, 1.82) is 0 Å². The number of anilines is 1. The van der Waals surface area contributed by atoms with E-state index in [0.717, 1.165) is 52.2 Å². The molecule has 1 fully saturated rings. The maximum Gasteiger partial charge on any atom is 0.322 e. The molecule has 1 heterocycles. The zero-order valence-electron chi connectivity index (χ0n) is 19.8. The Hall–Kier alpha value is -3.93. The van der Waals surface area contributed by atoms with Crippen LogP contribution in [0, 0.1) is 12.8 Å². The number of hydrogen-bond acceptors (Lipinski definition) is 3. The van der Waals surface area contributed by atoms with Crippen LogP contribution < -0.4 is 5.32 Å². The van der Waals surface area contributed by atoms with Crippen LogP contribution in [-0.4, -0.2) is 33.8 Å². The molecular formula is C29H29N3O3. The summed E-state index contributed by atoms with van der Waals surface area (Å²) in [5, 5.41) is 12.4. The summed E-state index contributed by atoms with van der Waals surface area (Å²) in [5.41, 5.74) is 6.69. The van der Waals surface area contributed by atoms with Crippen LogP contribution >= 0.6 is 0 Å². The molecule has 0 radical (unpaired) electrons. The summed E-state index contributed by atoms with van der Waals surface area (Å²) in [6.45, 7) is 2.59. The van der Waals surface area contributed by atoms with Crippen LogP contribution in [0.4, 0.5) is 16.2 Å². The van der Waals surface area contributed by atoms with Gasteiger partial charge in [-0.2, -0.15) is 0 Å². The van der Waals surface area contributed by atoms with Gasteiger partial charge in [-0.3, -0.25) is 4.79 Å². The van der Waals surface area contributed by atoms with Crippen molar-refractivity contribution in [3.8, 4) is 0 Å². The lowest BCUT2D eigenvalue weighted by Gasteiger charge is -2.39. The van der Waals surface area contributed by atoms with Gasteiger partial charge < -0.3 is 15.3 Å². The van der Waals surface area contributed by atoms with Crippen molar-refractivity contribution in [1.82, 2.24) is 4.90 Å². The number of aliphatic imine (C=N–C) groups is 1. The molecule has 6 heteroatoms. The van der Waals surface area contributed by atoms with Gasteiger partial charge >= 0.3 is 12.0 Å². The highest BCUT2D eigenvalue weighted by Crippen LogP contribution is 2.36. The van der Waals surface area contributed by atoms with Crippen LogP contribution in [0.1, 0.15) is 47.9 Å². The van der Waals surface area contributed by atoms with Gasteiger partial charge in [0.15, 0.2) is 0 Å². The molecule has 0 spiro atoms. The van der Waals surface area contributed by atoms with Crippen LogP contribution in [0.2, 0.25) is 0 Å². The number of amides is 2. The Labute approximate surface area is 205 Å². The largest absolute Gasteiger partial charge is 0.481 e. The lowest BCUT2D eigenvalue weighted by molar-refractivity contribution is -0.143. The molecule has 3 aromatic rings. The molecule has 1 saturated carbocycles. The Morgan fingerprint density at radius 1 is 0.943 bits per heavy atom. The molecule has 0 atom stereocenters. The average Bonchev–Trinajstić information content (AvgIpc) is 2.88. The molecule has 6 nitrogen and oxygen atoms in total. The summed E-state index contributed by atoms with van der Waals surface area (Å²) < 4.78 is 0. The predicted molar refractivity (Wildman–Crippen MR) is 137 cm³/mol. The number of carbonyl (C=O) groups is 2. The van der Waals surface area contributed by atoms with Gasteiger partial charge in [0.1, 0.15) is 0 Å². The fourth-order valence-electron chi connectivity index (χ4n) is 5.16. The van der Waals surface area contributed by atoms with Crippen molar-refractivity contribution >= 4 is 29.1 Å². The molecule has 1 aliphatic carbocycles. The molecule has 3 aromatic carbocycles. The van der Waals surface area contributed by atoms with E-state index in [1.165, 1.54) is 0 Å². The van der Waals surface area contributed by atoms with Crippen molar-refractivity contribution < 1.29 is 14.7 Å². The monoisotopic (exact) mass is 467 g/mol. The predicted octanol–water partition coefficient (Wildman–Crippen LogP) is 6.16. The maximum absolute atomic E-state index is 13.0. The summed E-state index contributed by atoms with van der Waals surface area (Å²) in [7, 11) is 0. The van der Waals surface area contributed by atoms with Crippen molar-refractivity contribution in [3.63, 3.8) is 0 Å². The SMILES string of the molecule is Cc1cc(N=C(c2ccccc2)c2ccccc2)cc2c1CN(C1CCC(C(=O)O)CC1)C(=O)N2. The van der Waals surface area contributed by atoms with Crippen LogP contribution in [0.25, 0.3) is 0 Å². The molecule has 35 heavy (non-hydrogen) atoms. The molecule has 2 aliphatic rings. The summed E-state index contributed by atoms with van der Waals surface area (Å²) in [4.78, 5) is 31.2. The first-order chi connectivity index (χ1) is 17.0. The highest BCUT2D eigenvalue weighted by Gasteiger charge is 2.34. The molecule has 0 aromatic heterocycles. The first kappa shape index (κ1) is 22.8. The van der Waals surface area contributed by atoms with Gasteiger partial charge in [-0.25, -0.2) is 9.79 Å². The van der Waals surface area contributed by atoms with Gasteiger partial charge in [0.2, 0.25) is 0 Å².